The second-order valence-corrected chi connectivity index (χ2v) is 5.13. The minimum Gasteiger partial charge on any atom is -0.478 e. The van der Waals surface area contributed by atoms with Crippen molar-refractivity contribution in [1.29, 1.82) is 0 Å². The highest BCUT2D eigenvalue weighted by Gasteiger charge is 2.12. The van der Waals surface area contributed by atoms with Crippen LogP contribution in [-0.2, 0) is 9.59 Å². The van der Waals surface area contributed by atoms with Crippen molar-refractivity contribution in [3.63, 3.8) is 0 Å². The third-order valence-corrected chi connectivity index (χ3v) is 3.03. The van der Waals surface area contributed by atoms with Crippen LogP contribution in [0.25, 0.3) is 0 Å². The van der Waals surface area contributed by atoms with Gasteiger partial charge in [-0.15, -0.1) is 0 Å². The maximum Gasteiger partial charge on any atom is 0.337 e. The van der Waals surface area contributed by atoms with E-state index in [9.17, 15) is 19.5 Å². The molecule has 2 rings (SSSR count). The summed E-state index contributed by atoms with van der Waals surface area (Å²) in [4.78, 5) is 33.7. The summed E-state index contributed by atoms with van der Waals surface area (Å²) in [5, 5.41) is 17.6. The molecule has 0 heterocycles. The van der Waals surface area contributed by atoms with Crippen LogP contribution >= 0.6 is 0 Å². The lowest BCUT2D eigenvalue weighted by Crippen LogP contribution is -2.09. The van der Waals surface area contributed by atoms with Crippen LogP contribution in [0.2, 0.25) is 0 Å². The van der Waals surface area contributed by atoms with Crippen molar-refractivity contribution in [2.24, 2.45) is 0 Å². The fraction of sp³-hybridized carbons (Fsp3) is 0.118. The number of amides is 2. The molecule has 0 aliphatic rings. The molecule has 0 fully saturated rings. The average molecular weight is 327 g/mol. The molecule has 0 atom stereocenters. The van der Waals surface area contributed by atoms with Gasteiger partial charge in [0.25, 0.3) is 0 Å². The molecule has 0 saturated heterocycles. The summed E-state index contributed by atoms with van der Waals surface area (Å²) in [7, 11) is 0. The van der Waals surface area contributed by atoms with Gasteiger partial charge in [-0.3, -0.25) is 9.59 Å². The molecule has 7 nitrogen and oxygen atoms in total. The second-order valence-electron chi connectivity index (χ2n) is 5.13. The van der Waals surface area contributed by atoms with Crippen molar-refractivity contribution >= 4 is 40.5 Å². The zero-order chi connectivity index (χ0) is 17.7. The lowest BCUT2D eigenvalue weighted by Gasteiger charge is -2.13. The minimum absolute atomic E-state index is 0.0639. The van der Waals surface area contributed by atoms with Gasteiger partial charge in [0.2, 0.25) is 11.8 Å². The standard InChI is InChI=1S/C17H17N3O4/c1-10(21)18-12-4-3-5-13(8-12)20-16-9-14(19-11(2)22)6-7-15(16)17(23)24/h3-9,20H,1-2H3,(H,18,21)(H,19,22)(H,23,24). The highest BCUT2D eigenvalue weighted by Crippen LogP contribution is 2.26. The van der Waals surface area contributed by atoms with E-state index in [0.717, 1.165) is 0 Å². The first-order valence-corrected chi connectivity index (χ1v) is 7.15. The monoisotopic (exact) mass is 327 g/mol. The fourth-order valence-corrected chi connectivity index (χ4v) is 2.15. The summed E-state index contributed by atoms with van der Waals surface area (Å²) < 4.78 is 0. The Morgan fingerprint density at radius 1 is 0.833 bits per heavy atom. The summed E-state index contributed by atoms with van der Waals surface area (Å²) in [5.74, 6) is -1.55. The summed E-state index contributed by atoms with van der Waals surface area (Å²) >= 11 is 0. The Bertz CT molecular complexity index is 802. The maximum absolute atomic E-state index is 11.4. The van der Waals surface area contributed by atoms with Crippen LogP contribution in [0.15, 0.2) is 42.5 Å². The first-order chi connectivity index (χ1) is 11.3. The molecule has 0 aliphatic carbocycles. The van der Waals surface area contributed by atoms with E-state index >= 15 is 0 Å². The number of anilines is 4. The number of carboxylic acid groups (broad SMARTS) is 1. The van der Waals surface area contributed by atoms with E-state index in [1.807, 2.05) is 0 Å². The number of hydrogen-bond acceptors (Lipinski definition) is 4. The topological polar surface area (TPSA) is 108 Å². The van der Waals surface area contributed by atoms with Crippen molar-refractivity contribution in [3.05, 3.63) is 48.0 Å². The van der Waals surface area contributed by atoms with E-state index in [2.05, 4.69) is 16.0 Å². The van der Waals surface area contributed by atoms with Gasteiger partial charge in [0, 0.05) is 30.9 Å². The molecular formula is C17H17N3O4. The molecule has 124 valence electrons. The van der Waals surface area contributed by atoms with Crippen molar-refractivity contribution in [3.8, 4) is 0 Å². The van der Waals surface area contributed by atoms with Crippen LogP contribution < -0.4 is 16.0 Å². The zero-order valence-electron chi connectivity index (χ0n) is 13.2. The highest BCUT2D eigenvalue weighted by atomic mass is 16.4. The molecule has 2 aromatic rings. The molecule has 0 aliphatic heterocycles. The van der Waals surface area contributed by atoms with Gasteiger partial charge in [0.15, 0.2) is 0 Å². The molecular weight excluding hydrogens is 310 g/mol. The molecule has 24 heavy (non-hydrogen) atoms. The molecule has 0 aromatic heterocycles. The molecule has 2 amide bonds. The predicted molar refractivity (Wildman–Crippen MR) is 91.7 cm³/mol. The Hall–Kier alpha value is -3.35. The Balaban J connectivity index is 2.34. The van der Waals surface area contributed by atoms with E-state index in [4.69, 9.17) is 0 Å². The van der Waals surface area contributed by atoms with Crippen molar-refractivity contribution in [1.82, 2.24) is 0 Å². The summed E-state index contributed by atoms with van der Waals surface area (Å²) in [6.45, 7) is 2.77. The molecule has 4 N–H and O–H groups in total. The fourth-order valence-electron chi connectivity index (χ4n) is 2.15. The Morgan fingerprint density at radius 2 is 1.42 bits per heavy atom. The molecule has 0 radical (unpaired) electrons. The minimum atomic E-state index is -1.09. The van der Waals surface area contributed by atoms with Crippen LogP contribution in [0.5, 0.6) is 0 Å². The highest BCUT2D eigenvalue weighted by molar-refractivity contribution is 5.98. The van der Waals surface area contributed by atoms with Crippen molar-refractivity contribution in [2.75, 3.05) is 16.0 Å². The Labute approximate surface area is 138 Å². The first-order valence-electron chi connectivity index (χ1n) is 7.15. The summed E-state index contributed by atoms with van der Waals surface area (Å²) in [6, 6.07) is 11.3. The maximum atomic E-state index is 11.4. The molecule has 0 saturated carbocycles. The third-order valence-electron chi connectivity index (χ3n) is 3.03. The number of carbonyl (C=O) groups excluding carboxylic acids is 2. The van der Waals surface area contributed by atoms with Crippen LogP contribution in [-0.4, -0.2) is 22.9 Å². The van der Waals surface area contributed by atoms with E-state index in [1.165, 1.54) is 32.0 Å². The van der Waals surface area contributed by atoms with E-state index < -0.39 is 5.97 Å². The van der Waals surface area contributed by atoms with Gasteiger partial charge < -0.3 is 21.1 Å². The quantitative estimate of drug-likeness (QED) is 0.675. The summed E-state index contributed by atoms with van der Waals surface area (Å²) in [6.07, 6.45) is 0. The smallest absolute Gasteiger partial charge is 0.337 e. The average Bonchev–Trinajstić information content (AvgIpc) is 2.46. The SMILES string of the molecule is CC(=O)Nc1cccc(Nc2cc(NC(C)=O)ccc2C(=O)O)c1. The second kappa shape index (κ2) is 7.28. The van der Waals surface area contributed by atoms with Gasteiger partial charge in [-0.2, -0.15) is 0 Å². The lowest BCUT2D eigenvalue weighted by atomic mass is 10.1. The summed E-state index contributed by atoms with van der Waals surface area (Å²) in [5.41, 5.74) is 2.06. The Morgan fingerprint density at radius 3 is 2.00 bits per heavy atom. The van der Waals surface area contributed by atoms with Gasteiger partial charge in [-0.25, -0.2) is 4.79 Å². The van der Waals surface area contributed by atoms with Gasteiger partial charge in [0.1, 0.15) is 0 Å². The normalized spacial score (nSPS) is 9.92. The number of aromatic carboxylic acids is 1. The van der Waals surface area contributed by atoms with Crippen LogP contribution in [0.1, 0.15) is 24.2 Å². The van der Waals surface area contributed by atoms with Gasteiger partial charge in [0.05, 0.1) is 11.3 Å². The lowest BCUT2D eigenvalue weighted by molar-refractivity contribution is -0.115. The molecule has 2 aromatic carbocycles. The number of hydrogen-bond donors (Lipinski definition) is 4. The Kier molecular flexibility index (Phi) is 5.16. The molecule has 0 spiro atoms. The van der Waals surface area contributed by atoms with E-state index in [0.29, 0.717) is 22.7 Å². The largest absolute Gasteiger partial charge is 0.478 e. The third kappa shape index (κ3) is 4.57. The zero-order valence-corrected chi connectivity index (χ0v) is 13.2. The number of rotatable bonds is 5. The molecule has 0 bridgehead atoms. The van der Waals surface area contributed by atoms with E-state index in [1.54, 1.807) is 24.3 Å². The number of carboxylic acids is 1. The predicted octanol–water partition coefficient (Wildman–Crippen LogP) is 3.05. The van der Waals surface area contributed by atoms with Crippen LogP contribution in [0.3, 0.4) is 0 Å². The number of carbonyl (C=O) groups is 3. The molecule has 7 heteroatoms. The van der Waals surface area contributed by atoms with Gasteiger partial charge >= 0.3 is 5.97 Å². The van der Waals surface area contributed by atoms with Gasteiger partial charge in [-0.05, 0) is 36.4 Å². The van der Waals surface area contributed by atoms with Crippen LogP contribution in [0.4, 0.5) is 22.7 Å². The van der Waals surface area contributed by atoms with Crippen molar-refractivity contribution in [2.45, 2.75) is 13.8 Å². The molecule has 0 unspecified atom stereocenters. The van der Waals surface area contributed by atoms with Crippen molar-refractivity contribution < 1.29 is 19.5 Å². The van der Waals surface area contributed by atoms with Gasteiger partial charge in [-0.1, -0.05) is 6.07 Å². The number of benzene rings is 2. The van der Waals surface area contributed by atoms with E-state index in [-0.39, 0.29) is 17.4 Å². The number of nitrogens with one attached hydrogen (secondary N) is 3. The van der Waals surface area contributed by atoms with Crippen LogP contribution in [0, 0.1) is 0 Å². The first kappa shape index (κ1) is 17.0.